The predicted molar refractivity (Wildman–Crippen MR) is 98.3 cm³/mol. The average molecular weight is 400 g/mol. The van der Waals surface area contributed by atoms with Crippen molar-refractivity contribution >= 4 is 11.9 Å². The summed E-state index contributed by atoms with van der Waals surface area (Å²) in [5.41, 5.74) is 4.39. The highest BCUT2D eigenvalue weighted by Crippen LogP contribution is 2.42. The van der Waals surface area contributed by atoms with Crippen LogP contribution in [0.4, 0.5) is 13.2 Å². The van der Waals surface area contributed by atoms with Gasteiger partial charge in [-0.05, 0) is 42.0 Å². The number of aromatic nitrogens is 3. The second-order valence-corrected chi connectivity index (χ2v) is 6.48. The highest BCUT2D eigenvalue weighted by Gasteiger charge is 2.51. The van der Waals surface area contributed by atoms with E-state index in [-0.39, 0.29) is 17.1 Å². The molecule has 0 radical (unpaired) electrons. The smallest absolute Gasteiger partial charge is 0.280 e. The number of pyridine rings is 1. The summed E-state index contributed by atoms with van der Waals surface area (Å²) in [5.74, 6) is -1.55. The maximum absolute atomic E-state index is 15.0. The van der Waals surface area contributed by atoms with Gasteiger partial charge in [0.1, 0.15) is 11.5 Å². The number of alkyl halides is 2. The molecule has 3 aromatic rings. The van der Waals surface area contributed by atoms with Crippen molar-refractivity contribution in [2.75, 3.05) is 7.05 Å². The van der Waals surface area contributed by atoms with Crippen LogP contribution >= 0.6 is 0 Å². The number of aliphatic imine (C=N–C) groups is 1. The Bertz CT molecular complexity index is 1110. The summed E-state index contributed by atoms with van der Waals surface area (Å²) in [4.78, 5) is 22.1. The van der Waals surface area contributed by atoms with Crippen LogP contribution in [0.2, 0.25) is 0 Å². The molecule has 3 heterocycles. The van der Waals surface area contributed by atoms with E-state index in [9.17, 15) is 13.6 Å². The third-order valence-electron chi connectivity index (χ3n) is 4.83. The van der Waals surface area contributed by atoms with Crippen LogP contribution in [0.5, 0.6) is 0 Å². The van der Waals surface area contributed by atoms with Gasteiger partial charge in [-0.25, -0.2) is 18.2 Å². The molecule has 148 valence electrons. The fourth-order valence-electron chi connectivity index (χ4n) is 3.34. The van der Waals surface area contributed by atoms with Gasteiger partial charge < -0.3 is 5.73 Å². The molecule has 0 spiro atoms. The van der Waals surface area contributed by atoms with Crippen LogP contribution in [0, 0.1) is 5.82 Å². The summed E-state index contributed by atoms with van der Waals surface area (Å²) in [5, 5.41) is 6.62. The first-order valence-corrected chi connectivity index (χ1v) is 8.52. The number of nitrogens with zero attached hydrogens (tertiary/aromatic N) is 4. The number of carbonyl (C=O) groups is 1. The van der Waals surface area contributed by atoms with E-state index in [1.807, 2.05) is 0 Å². The summed E-state index contributed by atoms with van der Waals surface area (Å²) >= 11 is 0. The summed E-state index contributed by atoms with van der Waals surface area (Å²) in [6, 6.07) is 8.18. The van der Waals surface area contributed by atoms with Crippen LogP contribution in [0.25, 0.3) is 11.3 Å². The average Bonchev–Trinajstić information content (AvgIpc) is 3.33. The molecule has 1 aliphatic rings. The summed E-state index contributed by atoms with van der Waals surface area (Å²) < 4.78 is 41.5. The fraction of sp³-hybridized carbons (Fsp3) is 0.158. The van der Waals surface area contributed by atoms with Crippen molar-refractivity contribution in [1.29, 1.82) is 0 Å². The number of guanidine groups is 1. The van der Waals surface area contributed by atoms with Crippen molar-refractivity contribution in [3.63, 3.8) is 0 Å². The van der Waals surface area contributed by atoms with E-state index in [0.29, 0.717) is 11.3 Å². The molecule has 0 fully saturated rings. The normalized spacial score (nSPS) is 19.1. The van der Waals surface area contributed by atoms with Crippen LogP contribution in [-0.4, -0.2) is 39.0 Å². The van der Waals surface area contributed by atoms with Crippen LogP contribution in [-0.2, 0) is 10.3 Å². The van der Waals surface area contributed by atoms with Crippen molar-refractivity contribution in [3.05, 3.63) is 71.4 Å². The Morgan fingerprint density at radius 3 is 2.59 bits per heavy atom. The van der Waals surface area contributed by atoms with Gasteiger partial charge in [-0.3, -0.25) is 19.8 Å². The van der Waals surface area contributed by atoms with E-state index < -0.39 is 29.4 Å². The van der Waals surface area contributed by atoms with E-state index in [1.165, 1.54) is 37.5 Å². The van der Waals surface area contributed by atoms with E-state index in [0.717, 1.165) is 17.2 Å². The third kappa shape index (κ3) is 2.84. The Labute approximate surface area is 163 Å². The van der Waals surface area contributed by atoms with Crippen molar-refractivity contribution < 1.29 is 18.0 Å². The molecule has 4 rings (SSSR count). The first-order chi connectivity index (χ1) is 13.8. The maximum atomic E-state index is 15.0. The van der Waals surface area contributed by atoms with Crippen LogP contribution in [0.3, 0.4) is 0 Å². The molecule has 2 aromatic heterocycles. The molecular weight excluding hydrogens is 385 g/mol. The van der Waals surface area contributed by atoms with E-state index in [4.69, 9.17) is 5.73 Å². The lowest BCUT2D eigenvalue weighted by molar-refractivity contribution is -0.129. The van der Waals surface area contributed by atoms with Gasteiger partial charge in [-0.2, -0.15) is 5.10 Å². The molecule has 0 saturated carbocycles. The van der Waals surface area contributed by atoms with Gasteiger partial charge in [0, 0.05) is 30.6 Å². The largest absolute Gasteiger partial charge is 0.369 e. The molecule has 1 unspecified atom stereocenters. The molecule has 1 aromatic carbocycles. The van der Waals surface area contributed by atoms with Crippen molar-refractivity contribution in [1.82, 2.24) is 20.1 Å². The van der Waals surface area contributed by atoms with E-state index >= 15 is 4.39 Å². The number of benzene rings is 1. The number of hydrogen-bond donors (Lipinski definition) is 2. The van der Waals surface area contributed by atoms with Crippen LogP contribution < -0.4 is 5.73 Å². The molecule has 29 heavy (non-hydrogen) atoms. The molecule has 1 amide bonds. The van der Waals surface area contributed by atoms with Crippen molar-refractivity contribution in [2.24, 2.45) is 10.7 Å². The molecule has 3 N–H and O–H groups in total. The van der Waals surface area contributed by atoms with Crippen molar-refractivity contribution in [2.45, 2.75) is 12.0 Å². The molecular formula is C19H15F3N6O. The second kappa shape index (κ2) is 6.73. The number of amides is 1. The fourth-order valence-corrected chi connectivity index (χ4v) is 3.34. The molecule has 10 heteroatoms. The number of carbonyl (C=O) groups excluding carboxylic acids is 1. The van der Waals surface area contributed by atoms with Gasteiger partial charge in [0.05, 0.1) is 5.69 Å². The first-order valence-electron chi connectivity index (χ1n) is 8.52. The van der Waals surface area contributed by atoms with Gasteiger partial charge in [0.25, 0.3) is 12.3 Å². The zero-order chi connectivity index (χ0) is 20.8. The molecule has 0 saturated heterocycles. The quantitative estimate of drug-likeness (QED) is 0.703. The second-order valence-electron chi connectivity index (χ2n) is 6.48. The standard InChI is InChI=1S/C19H15F3N6O/c1-28-17(29)19(26-18(28)23,11-4-6-24-15(9-11)16(21)22)12-8-10(2-3-13(12)20)14-5-7-25-27-14/h2-9,16H,1H3,(H2,23,26)(H,25,27). The van der Waals surface area contributed by atoms with Gasteiger partial charge >= 0.3 is 0 Å². The Morgan fingerprint density at radius 1 is 1.17 bits per heavy atom. The van der Waals surface area contributed by atoms with Gasteiger partial charge in [0.2, 0.25) is 0 Å². The third-order valence-corrected chi connectivity index (χ3v) is 4.83. The lowest BCUT2D eigenvalue weighted by atomic mass is 9.81. The van der Waals surface area contributed by atoms with E-state index in [1.54, 1.807) is 6.07 Å². The molecule has 7 nitrogen and oxygen atoms in total. The SMILES string of the molecule is CN1C(=O)C(c2ccnc(C(F)F)c2)(c2cc(-c3ccn[nH]3)ccc2F)N=C1N. The highest BCUT2D eigenvalue weighted by molar-refractivity contribution is 6.09. The van der Waals surface area contributed by atoms with E-state index in [2.05, 4.69) is 20.2 Å². The Balaban J connectivity index is 2.00. The lowest BCUT2D eigenvalue weighted by Crippen LogP contribution is -2.41. The van der Waals surface area contributed by atoms with Gasteiger partial charge in [0.15, 0.2) is 11.5 Å². The summed E-state index contributed by atoms with van der Waals surface area (Å²) in [6.45, 7) is 0. The molecule has 0 bridgehead atoms. The Kier molecular flexibility index (Phi) is 4.33. The lowest BCUT2D eigenvalue weighted by Gasteiger charge is -2.27. The minimum absolute atomic E-state index is 0.0424. The Morgan fingerprint density at radius 2 is 1.97 bits per heavy atom. The number of halogens is 3. The first kappa shape index (κ1) is 18.7. The minimum Gasteiger partial charge on any atom is -0.369 e. The molecule has 0 aliphatic carbocycles. The number of H-pyrrole nitrogens is 1. The van der Waals surface area contributed by atoms with Crippen molar-refractivity contribution in [3.8, 4) is 11.3 Å². The zero-order valence-corrected chi connectivity index (χ0v) is 15.1. The maximum Gasteiger partial charge on any atom is 0.280 e. The number of nitrogens with two attached hydrogens (primary N) is 1. The number of rotatable bonds is 4. The van der Waals surface area contributed by atoms with Crippen LogP contribution in [0.1, 0.15) is 23.2 Å². The Hall–Kier alpha value is -3.69. The highest BCUT2D eigenvalue weighted by atomic mass is 19.3. The molecule has 1 aliphatic heterocycles. The number of nitrogens with one attached hydrogen (secondary N) is 1. The number of aromatic amines is 1. The summed E-state index contributed by atoms with van der Waals surface area (Å²) in [6.07, 6.45) is -0.216. The topological polar surface area (TPSA) is 100 Å². The minimum atomic E-state index is -2.87. The van der Waals surface area contributed by atoms with Gasteiger partial charge in [-0.1, -0.05) is 0 Å². The summed E-state index contributed by atoms with van der Waals surface area (Å²) in [7, 11) is 1.38. The molecule has 1 atom stereocenters. The number of likely N-dealkylation sites (N-methyl/N-ethyl adjacent to an activating group) is 1. The zero-order valence-electron chi connectivity index (χ0n) is 15.1. The predicted octanol–water partition coefficient (Wildman–Crippen LogP) is 2.58. The monoisotopic (exact) mass is 400 g/mol. The van der Waals surface area contributed by atoms with Gasteiger partial charge in [-0.15, -0.1) is 0 Å². The van der Waals surface area contributed by atoms with Crippen LogP contribution in [0.15, 0.2) is 53.8 Å². The number of hydrogen-bond acceptors (Lipinski definition) is 5.